The van der Waals surface area contributed by atoms with Gasteiger partial charge in [-0.05, 0) is 56.4 Å². The maximum Gasteiger partial charge on any atom is 0.416 e. The zero-order valence-electron chi connectivity index (χ0n) is 21.3. The van der Waals surface area contributed by atoms with Crippen molar-refractivity contribution in [1.29, 1.82) is 0 Å². The fraction of sp³-hybridized carbons (Fsp3) is 0.769. The second-order valence-electron chi connectivity index (χ2n) is 8.86. The summed E-state index contributed by atoms with van der Waals surface area (Å²) < 4.78 is 95.8. The topological polar surface area (TPSA) is 27.7 Å². The Kier molecular flexibility index (Phi) is 13.6. The molecule has 0 radical (unpaired) electrons. The van der Waals surface area contributed by atoms with Crippen LogP contribution >= 0.6 is 0 Å². The lowest BCUT2D eigenvalue weighted by atomic mass is 9.91. The number of alkyl halides is 6. The second kappa shape index (κ2) is 15.1. The lowest BCUT2D eigenvalue weighted by Crippen LogP contribution is -2.45. The minimum atomic E-state index is -4.84. The summed E-state index contributed by atoms with van der Waals surface area (Å²) in [6, 6.07) is 1.77. The minimum absolute atomic E-state index is 0.0224. The number of hydrogen-bond donors (Lipinski definition) is 0. The molecule has 1 atom stereocenters. The molecule has 0 spiro atoms. The molecule has 0 saturated carbocycles. The van der Waals surface area contributed by atoms with E-state index in [2.05, 4.69) is 6.92 Å². The van der Waals surface area contributed by atoms with Crippen molar-refractivity contribution < 1.29 is 40.6 Å². The van der Waals surface area contributed by atoms with Gasteiger partial charge in [-0.1, -0.05) is 51.9 Å². The summed E-state index contributed by atoms with van der Waals surface area (Å²) in [4.78, 5) is 0. The molecule has 1 aromatic carbocycles. The van der Waals surface area contributed by atoms with Gasteiger partial charge >= 0.3 is 12.4 Å². The van der Waals surface area contributed by atoms with E-state index in [-0.39, 0.29) is 24.0 Å². The van der Waals surface area contributed by atoms with Crippen LogP contribution in [0.1, 0.15) is 94.7 Å². The molecule has 0 heterocycles. The summed E-state index contributed by atoms with van der Waals surface area (Å²) in [6.07, 6.45) is -0.444. The monoisotopic (exact) mass is 514 g/mol. The lowest BCUT2D eigenvalue weighted by molar-refractivity contribution is -0.388. The zero-order valence-corrected chi connectivity index (χ0v) is 21.3. The van der Waals surface area contributed by atoms with Crippen LogP contribution in [0.5, 0.6) is 0 Å². The van der Waals surface area contributed by atoms with Crippen LogP contribution in [0.25, 0.3) is 0 Å². The Morgan fingerprint density at radius 1 is 0.686 bits per heavy atom. The zero-order chi connectivity index (χ0) is 26.5. The number of benzene rings is 1. The van der Waals surface area contributed by atoms with Gasteiger partial charge in [0.05, 0.1) is 11.1 Å². The molecule has 204 valence electrons. The molecule has 0 aliphatic carbocycles. The maximum atomic E-state index is 13.1. The van der Waals surface area contributed by atoms with Gasteiger partial charge in [-0.15, -0.1) is 0 Å². The van der Waals surface area contributed by atoms with Crippen LogP contribution in [0.3, 0.4) is 0 Å². The van der Waals surface area contributed by atoms with Crippen molar-refractivity contribution >= 4 is 0 Å². The highest BCUT2D eigenvalue weighted by Gasteiger charge is 2.40. The molecule has 0 bridgehead atoms. The van der Waals surface area contributed by atoms with E-state index in [4.69, 9.17) is 14.2 Å². The average Bonchev–Trinajstić information content (AvgIpc) is 2.80. The van der Waals surface area contributed by atoms with Gasteiger partial charge in [-0.2, -0.15) is 26.3 Å². The van der Waals surface area contributed by atoms with Gasteiger partial charge in [0, 0.05) is 26.7 Å². The largest absolute Gasteiger partial charge is 0.416 e. The summed E-state index contributed by atoms with van der Waals surface area (Å²) in [5.74, 6) is -1.34. The van der Waals surface area contributed by atoms with Gasteiger partial charge in [0.25, 0.3) is 5.97 Å². The summed E-state index contributed by atoms with van der Waals surface area (Å²) in [6.45, 7) is 4.37. The molecule has 0 fully saturated rings. The molecule has 0 N–H and O–H groups in total. The molecule has 35 heavy (non-hydrogen) atoms. The number of halogens is 6. The molecule has 0 aliphatic rings. The summed E-state index contributed by atoms with van der Waals surface area (Å²) in [7, 11) is 3.02. The highest BCUT2D eigenvalue weighted by atomic mass is 19.4. The van der Waals surface area contributed by atoms with Crippen LogP contribution < -0.4 is 0 Å². The van der Waals surface area contributed by atoms with E-state index in [0.29, 0.717) is 25.9 Å². The van der Waals surface area contributed by atoms with Crippen molar-refractivity contribution in [2.45, 2.75) is 103 Å². The fourth-order valence-corrected chi connectivity index (χ4v) is 4.41. The number of ether oxygens (including phenoxy) is 3. The summed E-state index contributed by atoms with van der Waals surface area (Å²) in [5, 5.41) is 0. The first-order chi connectivity index (χ1) is 16.4. The van der Waals surface area contributed by atoms with Gasteiger partial charge in [0.1, 0.15) is 0 Å². The molecule has 1 rings (SSSR count). The first kappa shape index (κ1) is 31.7. The van der Waals surface area contributed by atoms with Gasteiger partial charge in [-0.25, -0.2) is 0 Å². The van der Waals surface area contributed by atoms with Crippen LogP contribution in [0.4, 0.5) is 26.3 Å². The summed E-state index contributed by atoms with van der Waals surface area (Å²) in [5.41, 5.74) is -2.54. The molecule has 0 aromatic heterocycles. The van der Waals surface area contributed by atoms with E-state index >= 15 is 0 Å². The third-order valence-electron chi connectivity index (χ3n) is 6.24. The van der Waals surface area contributed by atoms with Crippen molar-refractivity contribution in [3.63, 3.8) is 0 Å². The van der Waals surface area contributed by atoms with Crippen LogP contribution in [0.2, 0.25) is 0 Å². The lowest BCUT2D eigenvalue weighted by Gasteiger charge is -2.37. The molecule has 0 amide bonds. The molecular weight excluding hydrogens is 474 g/mol. The quantitative estimate of drug-likeness (QED) is 0.118. The summed E-state index contributed by atoms with van der Waals surface area (Å²) >= 11 is 0. The molecule has 0 saturated heterocycles. The van der Waals surface area contributed by atoms with Gasteiger partial charge in [-0.3, -0.25) is 0 Å². The first-order valence-corrected chi connectivity index (χ1v) is 12.5. The van der Waals surface area contributed by atoms with E-state index in [1.54, 1.807) is 0 Å². The van der Waals surface area contributed by atoms with Crippen LogP contribution in [0, 0.1) is 5.92 Å². The Balaban J connectivity index is 2.85. The van der Waals surface area contributed by atoms with E-state index in [9.17, 15) is 26.3 Å². The van der Waals surface area contributed by atoms with E-state index in [0.717, 1.165) is 37.8 Å². The van der Waals surface area contributed by atoms with Gasteiger partial charge in [0.15, 0.2) is 0 Å². The number of aryl methyl sites for hydroxylation is 1. The molecular formula is C26H40F6O3. The maximum absolute atomic E-state index is 13.1. The van der Waals surface area contributed by atoms with E-state index in [1.807, 2.05) is 6.92 Å². The Bertz CT molecular complexity index is 682. The predicted octanol–water partition coefficient (Wildman–Crippen LogP) is 8.79. The molecule has 3 nitrogen and oxygen atoms in total. The molecule has 1 unspecified atom stereocenters. The SMILES string of the molecule is CCCCCCCCC(CCCCc1cc(C(F)(F)F)cc(C(F)(F)F)c1)C(OC)(OC)OCC. The van der Waals surface area contributed by atoms with Crippen LogP contribution in [-0.2, 0) is 33.0 Å². The number of rotatable bonds is 17. The fourth-order valence-electron chi connectivity index (χ4n) is 4.41. The van der Waals surface area contributed by atoms with Crippen molar-refractivity contribution in [2.75, 3.05) is 20.8 Å². The average molecular weight is 515 g/mol. The minimum Gasteiger partial charge on any atom is -0.331 e. The number of hydrogen-bond acceptors (Lipinski definition) is 3. The van der Waals surface area contributed by atoms with Crippen LogP contribution in [0.15, 0.2) is 18.2 Å². The molecule has 9 heteroatoms. The third kappa shape index (κ3) is 10.7. The smallest absolute Gasteiger partial charge is 0.331 e. The molecule has 1 aromatic rings. The van der Waals surface area contributed by atoms with Crippen LogP contribution in [-0.4, -0.2) is 26.8 Å². The Labute approximate surface area is 205 Å². The van der Waals surface area contributed by atoms with E-state index < -0.39 is 29.5 Å². The number of methoxy groups -OCH3 is 2. The van der Waals surface area contributed by atoms with Crippen molar-refractivity contribution in [2.24, 2.45) is 5.92 Å². The number of unbranched alkanes of at least 4 members (excludes halogenated alkanes) is 6. The van der Waals surface area contributed by atoms with Gasteiger partial charge < -0.3 is 14.2 Å². The van der Waals surface area contributed by atoms with Gasteiger partial charge in [0.2, 0.25) is 0 Å². The Morgan fingerprint density at radius 2 is 1.17 bits per heavy atom. The Morgan fingerprint density at radius 3 is 1.63 bits per heavy atom. The van der Waals surface area contributed by atoms with Crippen molar-refractivity contribution in [3.8, 4) is 0 Å². The molecule has 0 aliphatic heterocycles. The van der Waals surface area contributed by atoms with E-state index in [1.165, 1.54) is 33.5 Å². The second-order valence-corrected chi connectivity index (χ2v) is 8.86. The highest BCUT2D eigenvalue weighted by Crippen LogP contribution is 2.37. The highest BCUT2D eigenvalue weighted by molar-refractivity contribution is 5.33. The normalized spacial score (nSPS) is 13.9. The third-order valence-corrected chi connectivity index (χ3v) is 6.24. The van der Waals surface area contributed by atoms with Crippen molar-refractivity contribution in [1.82, 2.24) is 0 Å². The van der Waals surface area contributed by atoms with Crippen molar-refractivity contribution in [3.05, 3.63) is 34.9 Å². The standard InChI is InChI=1S/C26H40F6O3/c1-5-7-8-9-10-11-15-21(26(33-3,34-4)35-6-2)16-13-12-14-20-17-22(24(27,28)29)19-23(18-20)25(30,31)32/h17-19,21H,5-16H2,1-4H3. The Hall–Kier alpha value is -1.32. The predicted molar refractivity (Wildman–Crippen MR) is 124 cm³/mol. The first-order valence-electron chi connectivity index (χ1n) is 12.5.